The van der Waals surface area contributed by atoms with E-state index in [9.17, 15) is 0 Å². The van der Waals surface area contributed by atoms with Gasteiger partial charge in [0.05, 0.1) is 11.0 Å². The van der Waals surface area contributed by atoms with Crippen LogP contribution in [0.2, 0.25) is 0 Å². The van der Waals surface area contributed by atoms with E-state index in [1.807, 2.05) is 24.2 Å². The van der Waals surface area contributed by atoms with Crippen LogP contribution < -0.4 is 41.5 Å². The monoisotopic (exact) mass is 930 g/mol. The molecular weight excluding hydrogens is 889 g/mol. The molecule has 13 aromatic rings. The van der Waals surface area contributed by atoms with Gasteiger partial charge in [-0.15, -0.1) is 0 Å². The lowest BCUT2D eigenvalue weighted by Gasteiger charge is -2.40. The van der Waals surface area contributed by atoms with E-state index in [1.54, 1.807) is 0 Å². The first-order valence-electron chi connectivity index (χ1n) is 23.5. The minimum absolute atomic E-state index is 0.951. The predicted molar refractivity (Wildman–Crippen MR) is 294 cm³/mol. The van der Waals surface area contributed by atoms with Crippen LogP contribution in [0.4, 0.5) is 0 Å². The summed E-state index contributed by atoms with van der Waals surface area (Å²) in [6, 6.07) is 89.0. The average molecular weight is 931 g/mol. The zero-order valence-electron chi connectivity index (χ0n) is 37.4. The molecule has 4 aromatic heterocycles. The first-order chi connectivity index (χ1) is 34.2. The van der Waals surface area contributed by atoms with Crippen molar-refractivity contribution in [1.82, 2.24) is 18.9 Å². The van der Waals surface area contributed by atoms with Crippen molar-refractivity contribution in [2.45, 2.75) is 9.79 Å². The Morgan fingerprint density at radius 3 is 1.75 bits per heavy atom. The molecule has 0 fully saturated rings. The van der Waals surface area contributed by atoms with E-state index in [-0.39, 0.29) is 0 Å². The summed E-state index contributed by atoms with van der Waals surface area (Å²) in [6.45, 7) is 0. The number of rotatable bonds is 7. The van der Waals surface area contributed by atoms with Crippen molar-refractivity contribution in [1.29, 1.82) is 0 Å². The van der Waals surface area contributed by atoms with Crippen molar-refractivity contribution >= 4 is 119 Å². The Bertz CT molecular complexity index is 4040. The summed E-state index contributed by atoms with van der Waals surface area (Å²) in [5.74, 6) is 0. The Kier molecular flexibility index (Phi) is 9.14. The molecule has 0 radical (unpaired) electrons. The lowest BCUT2D eigenvalue weighted by atomic mass is 10.1. The van der Waals surface area contributed by atoms with Gasteiger partial charge in [-0.1, -0.05) is 200 Å². The SMILES string of the molecule is c1ccc([Si](c2ccccc2)(c2cccc(-n3c4cc5c(cc4c4cccnc43)Sc3ccccc3[Si]5(c3ccccc3)c3ccccc3)c2)c2ccc3c4ccccc4n4ccnc4c3c2)cc1. The van der Waals surface area contributed by atoms with E-state index in [2.05, 4.69) is 252 Å². The van der Waals surface area contributed by atoms with E-state index < -0.39 is 16.1 Å². The molecule has 0 spiro atoms. The molecule has 0 saturated carbocycles. The van der Waals surface area contributed by atoms with Crippen molar-refractivity contribution in [2.24, 2.45) is 0 Å². The van der Waals surface area contributed by atoms with Crippen molar-refractivity contribution in [3.8, 4) is 5.69 Å². The molecule has 9 aromatic carbocycles. The molecule has 1 aliphatic rings. The molecule has 0 unspecified atom stereocenters. The largest absolute Gasteiger partial charge is 0.299 e. The summed E-state index contributed by atoms with van der Waals surface area (Å²) in [5.41, 5.74) is 5.33. The van der Waals surface area contributed by atoms with Crippen molar-refractivity contribution in [3.63, 3.8) is 0 Å². The third-order valence-corrected chi connectivity index (χ3v) is 25.8. The molecule has 0 aliphatic carbocycles. The van der Waals surface area contributed by atoms with Crippen LogP contribution in [0.1, 0.15) is 0 Å². The fourth-order valence-corrected chi connectivity index (χ4v) is 23.6. The molecule has 4 nitrogen and oxygen atoms in total. The molecule has 0 bridgehead atoms. The number of benzene rings is 9. The van der Waals surface area contributed by atoms with Gasteiger partial charge in [-0.05, 0) is 95.4 Å². The van der Waals surface area contributed by atoms with Crippen LogP contribution in [0.3, 0.4) is 0 Å². The molecule has 5 heterocycles. The predicted octanol–water partition coefficient (Wildman–Crippen LogP) is 9.35. The van der Waals surface area contributed by atoms with E-state index in [0.717, 1.165) is 38.8 Å². The third-order valence-electron chi connectivity index (χ3n) is 14.7. The van der Waals surface area contributed by atoms with Gasteiger partial charge in [0.2, 0.25) is 0 Å². The molecule has 0 atom stereocenters. The van der Waals surface area contributed by atoms with E-state index in [0.29, 0.717) is 0 Å². The number of aromatic nitrogens is 4. The Morgan fingerprint density at radius 2 is 1.00 bits per heavy atom. The zero-order valence-corrected chi connectivity index (χ0v) is 40.3. The lowest BCUT2D eigenvalue weighted by molar-refractivity contribution is 1.14. The van der Waals surface area contributed by atoms with Gasteiger partial charge in [0.15, 0.2) is 16.1 Å². The highest BCUT2D eigenvalue weighted by Crippen LogP contribution is 2.39. The van der Waals surface area contributed by atoms with Crippen LogP contribution in [-0.4, -0.2) is 35.1 Å². The normalized spacial score (nSPS) is 13.3. The topological polar surface area (TPSA) is 35.1 Å². The molecule has 69 heavy (non-hydrogen) atoms. The van der Waals surface area contributed by atoms with Gasteiger partial charge in [0.1, 0.15) is 11.3 Å². The summed E-state index contributed by atoms with van der Waals surface area (Å²) in [5, 5.41) is 16.8. The second-order valence-corrected chi connectivity index (χ2v) is 26.7. The fraction of sp³-hybridized carbons (Fsp3) is 0. The number of pyridine rings is 2. The number of para-hydroxylation sites is 1. The van der Waals surface area contributed by atoms with Crippen LogP contribution in [0.5, 0.6) is 0 Å². The van der Waals surface area contributed by atoms with Gasteiger partial charge in [0, 0.05) is 55.6 Å². The van der Waals surface area contributed by atoms with Crippen LogP contribution in [0.25, 0.3) is 54.9 Å². The molecule has 324 valence electrons. The molecule has 1 aliphatic heterocycles. The Hall–Kier alpha value is -8.08. The van der Waals surface area contributed by atoms with Crippen LogP contribution in [0, 0.1) is 0 Å². The van der Waals surface area contributed by atoms with Gasteiger partial charge in [-0.2, -0.15) is 0 Å². The summed E-state index contributed by atoms with van der Waals surface area (Å²) >= 11 is 1.91. The van der Waals surface area contributed by atoms with E-state index in [1.165, 1.54) is 67.4 Å². The number of nitrogens with zero attached hydrogens (tertiary/aromatic N) is 4. The lowest BCUT2D eigenvalue weighted by Crippen LogP contribution is -2.76. The summed E-state index contributed by atoms with van der Waals surface area (Å²) in [4.78, 5) is 12.9. The van der Waals surface area contributed by atoms with Gasteiger partial charge in [-0.3, -0.25) is 8.97 Å². The highest BCUT2D eigenvalue weighted by molar-refractivity contribution is 8.00. The van der Waals surface area contributed by atoms with Gasteiger partial charge in [-0.25, -0.2) is 9.97 Å². The second kappa shape index (κ2) is 15.8. The van der Waals surface area contributed by atoms with Crippen LogP contribution in [-0.2, 0) is 0 Å². The molecule has 14 rings (SSSR count). The van der Waals surface area contributed by atoms with E-state index in [4.69, 9.17) is 9.97 Å². The van der Waals surface area contributed by atoms with Crippen molar-refractivity contribution < 1.29 is 0 Å². The highest BCUT2D eigenvalue weighted by Gasteiger charge is 2.47. The number of hydrogen-bond donors (Lipinski definition) is 0. The average Bonchev–Trinajstić information content (AvgIpc) is 4.05. The zero-order chi connectivity index (χ0) is 45.5. The number of hydrogen-bond acceptors (Lipinski definition) is 3. The smallest absolute Gasteiger partial charge is 0.181 e. The Labute approximate surface area is 405 Å². The highest BCUT2D eigenvalue weighted by atomic mass is 32.2. The summed E-state index contributed by atoms with van der Waals surface area (Å²) in [6.07, 6.45) is 5.96. The van der Waals surface area contributed by atoms with Gasteiger partial charge >= 0.3 is 0 Å². The molecular formula is C62H42N4SSi2. The minimum atomic E-state index is -3.07. The molecule has 7 heteroatoms. The molecule has 0 saturated heterocycles. The maximum Gasteiger partial charge on any atom is 0.181 e. The third kappa shape index (κ3) is 5.82. The summed E-state index contributed by atoms with van der Waals surface area (Å²) in [7, 11) is -5.92. The van der Waals surface area contributed by atoms with Crippen molar-refractivity contribution in [2.75, 3.05) is 0 Å². The van der Waals surface area contributed by atoms with Crippen LogP contribution >= 0.6 is 11.8 Å². The maximum absolute atomic E-state index is 5.23. The van der Waals surface area contributed by atoms with Gasteiger partial charge in [0.25, 0.3) is 0 Å². The number of imidazole rings is 1. The Morgan fingerprint density at radius 1 is 0.377 bits per heavy atom. The van der Waals surface area contributed by atoms with Crippen LogP contribution in [0.15, 0.2) is 265 Å². The Balaban J connectivity index is 1.07. The minimum Gasteiger partial charge on any atom is -0.299 e. The van der Waals surface area contributed by atoms with Gasteiger partial charge < -0.3 is 0 Å². The van der Waals surface area contributed by atoms with E-state index >= 15 is 0 Å². The maximum atomic E-state index is 5.23. The van der Waals surface area contributed by atoms with Crippen molar-refractivity contribution in [3.05, 3.63) is 255 Å². The first kappa shape index (κ1) is 40.0. The fourth-order valence-electron chi connectivity index (χ4n) is 11.9. The standard InChI is InChI=1S/C62H42N4SSi2/c1-5-20-44(21-6-1)68(45-22-7-2-8-23-45,49-34-35-50-51-29-13-14-31-55(51)65-38-37-64-61(65)54(50)40-49)48-28-17-19-43(39-48)66-56-42-60-58(41-53(56)52-30-18-36-63-62(52)66)67-57-32-15-16-33-59(57)69(60,46-24-9-3-10-25-46)47-26-11-4-12-27-47/h1-42H. The first-order valence-corrected chi connectivity index (χ1v) is 28.4. The molecule has 0 N–H and O–H groups in total. The molecule has 0 amide bonds. The number of fused-ring (bicyclic) bond motifs is 11. The summed E-state index contributed by atoms with van der Waals surface area (Å²) < 4.78 is 4.69. The quantitative estimate of drug-likeness (QED) is 0.0909. The second-order valence-electron chi connectivity index (χ2n) is 18.1.